The van der Waals surface area contributed by atoms with Gasteiger partial charge in [0.05, 0.1) is 6.26 Å². The van der Waals surface area contributed by atoms with Crippen LogP contribution in [-0.2, 0) is 0 Å². The smallest absolute Gasteiger partial charge is 0.287 e. The second-order valence-electron chi connectivity index (χ2n) is 4.45. The van der Waals surface area contributed by atoms with Gasteiger partial charge >= 0.3 is 0 Å². The van der Waals surface area contributed by atoms with E-state index in [4.69, 9.17) is 4.42 Å². The predicted octanol–water partition coefficient (Wildman–Crippen LogP) is 2.45. The largest absolute Gasteiger partial charge is 0.459 e. The molecule has 0 saturated heterocycles. The quantitative estimate of drug-likeness (QED) is 0.896. The molecule has 2 aromatic rings. The molecule has 1 aromatic carbocycles. The molecule has 0 bridgehead atoms. The minimum atomic E-state index is -0.163. The molecule has 0 aliphatic rings. The highest BCUT2D eigenvalue weighted by Gasteiger charge is 2.11. The molecule has 0 aliphatic carbocycles. The highest BCUT2D eigenvalue weighted by atomic mass is 16.3. The highest BCUT2D eigenvalue weighted by Crippen LogP contribution is 2.10. The van der Waals surface area contributed by atoms with Crippen molar-refractivity contribution in [2.45, 2.75) is 6.92 Å². The van der Waals surface area contributed by atoms with Crippen LogP contribution in [0.25, 0.3) is 0 Å². The maximum atomic E-state index is 11.8. The van der Waals surface area contributed by atoms with Crippen LogP contribution in [0.3, 0.4) is 0 Å². The Labute approximate surface area is 113 Å². The maximum Gasteiger partial charge on any atom is 0.287 e. The number of amides is 1. The van der Waals surface area contributed by atoms with Gasteiger partial charge in [0.2, 0.25) is 0 Å². The van der Waals surface area contributed by atoms with Crippen LogP contribution in [0.1, 0.15) is 16.1 Å². The first-order valence-electron chi connectivity index (χ1n) is 6.27. The Balaban J connectivity index is 1.81. The van der Waals surface area contributed by atoms with Crippen molar-refractivity contribution in [1.29, 1.82) is 0 Å². The van der Waals surface area contributed by atoms with Crippen molar-refractivity contribution in [3.63, 3.8) is 0 Å². The summed E-state index contributed by atoms with van der Waals surface area (Å²) in [5.41, 5.74) is 1.99. The molecule has 1 amide bonds. The van der Waals surface area contributed by atoms with Crippen LogP contribution in [0.4, 0.5) is 5.69 Å². The van der Waals surface area contributed by atoms with E-state index in [0.717, 1.165) is 17.8 Å². The number of nitrogens with one attached hydrogen (secondary N) is 1. The van der Waals surface area contributed by atoms with E-state index in [-0.39, 0.29) is 5.91 Å². The van der Waals surface area contributed by atoms with Crippen LogP contribution >= 0.6 is 0 Å². The lowest BCUT2D eigenvalue weighted by atomic mass is 10.2. The number of carbonyl (C=O) groups is 1. The summed E-state index contributed by atoms with van der Waals surface area (Å²) >= 11 is 0. The fraction of sp³-hybridized carbons (Fsp3) is 0.267. The Morgan fingerprint density at radius 1 is 1.26 bits per heavy atom. The van der Waals surface area contributed by atoms with Crippen molar-refractivity contribution < 1.29 is 9.21 Å². The molecule has 0 spiro atoms. The van der Waals surface area contributed by atoms with Gasteiger partial charge in [0, 0.05) is 31.4 Å². The first-order valence-corrected chi connectivity index (χ1v) is 6.27. The average Bonchev–Trinajstić information content (AvgIpc) is 2.86. The Hall–Kier alpha value is -2.23. The fourth-order valence-electron chi connectivity index (χ4n) is 1.83. The summed E-state index contributed by atoms with van der Waals surface area (Å²) in [7, 11) is 2.00. The van der Waals surface area contributed by atoms with Gasteiger partial charge in [-0.1, -0.05) is 18.2 Å². The van der Waals surface area contributed by atoms with E-state index in [0.29, 0.717) is 12.3 Å². The number of hydrogen-bond acceptors (Lipinski definition) is 3. The van der Waals surface area contributed by atoms with Gasteiger partial charge in [-0.15, -0.1) is 0 Å². The number of hydrogen-bond donors (Lipinski definition) is 1. The number of aryl methyl sites for hydroxylation is 1. The van der Waals surface area contributed by atoms with Gasteiger partial charge < -0.3 is 14.6 Å². The summed E-state index contributed by atoms with van der Waals surface area (Å²) in [6.45, 7) is 3.17. The van der Waals surface area contributed by atoms with E-state index in [9.17, 15) is 4.79 Å². The Morgan fingerprint density at radius 2 is 2.00 bits per heavy atom. The van der Waals surface area contributed by atoms with Crippen molar-refractivity contribution in [3.8, 4) is 0 Å². The summed E-state index contributed by atoms with van der Waals surface area (Å²) in [5, 5.41) is 2.85. The van der Waals surface area contributed by atoms with E-state index < -0.39 is 0 Å². The highest BCUT2D eigenvalue weighted by molar-refractivity contribution is 5.92. The number of carbonyl (C=O) groups excluding carboxylic acids is 1. The Bertz CT molecular complexity index is 534. The van der Waals surface area contributed by atoms with Gasteiger partial charge in [0.15, 0.2) is 5.76 Å². The second-order valence-corrected chi connectivity index (χ2v) is 4.45. The summed E-state index contributed by atoms with van der Waals surface area (Å²) in [6, 6.07) is 11.8. The van der Waals surface area contributed by atoms with Gasteiger partial charge in [-0.3, -0.25) is 4.79 Å². The fourth-order valence-corrected chi connectivity index (χ4v) is 1.83. The molecule has 0 radical (unpaired) electrons. The van der Waals surface area contributed by atoms with Gasteiger partial charge in [0.25, 0.3) is 5.91 Å². The standard InChI is InChI=1S/C15H18N2O2/c1-12-8-11-19-14(12)15(18)16-9-10-17(2)13-6-4-3-5-7-13/h3-8,11H,9-10H2,1-2H3,(H,16,18). The molecule has 19 heavy (non-hydrogen) atoms. The van der Waals surface area contributed by atoms with E-state index in [2.05, 4.69) is 10.2 Å². The third kappa shape index (κ3) is 3.37. The van der Waals surface area contributed by atoms with Crippen LogP contribution < -0.4 is 10.2 Å². The van der Waals surface area contributed by atoms with E-state index >= 15 is 0 Å². The molecule has 4 heteroatoms. The number of nitrogens with zero attached hydrogens (tertiary/aromatic N) is 1. The molecule has 100 valence electrons. The molecule has 0 aliphatic heterocycles. The number of rotatable bonds is 5. The molecule has 2 rings (SSSR count). The molecule has 0 unspecified atom stereocenters. The maximum absolute atomic E-state index is 11.8. The third-order valence-electron chi connectivity index (χ3n) is 3.00. The van der Waals surface area contributed by atoms with Crippen LogP contribution in [0, 0.1) is 6.92 Å². The zero-order valence-electron chi connectivity index (χ0n) is 11.2. The summed E-state index contributed by atoms with van der Waals surface area (Å²) in [6.07, 6.45) is 1.53. The summed E-state index contributed by atoms with van der Waals surface area (Å²) < 4.78 is 5.14. The van der Waals surface area contributed by atoms with E-state index in [1.54, 1.807) is 6.07 Å². The molecule has 1 N–H and O–H groups in total. The zero-order valence-corrected chi connectivity index (χ0v) is 11.2. The lowest BCUT2D eigenvalue weighted by Crippen LogP contribution is -2.33. The van der Waals surface area contributed by atoms with E-state index in [1.807, 2.05) is 44.3 Å². The molecule has 4 nitrogen and oxygen atoms in total. The predicted molar refractivity (Wildman–Crippen MR) is 75.5 cm³/mol. The molecule has 0 atom stereocenters. The van der Waals surface area contributed by atoms with Crippen LogP contribution in [0.2, 0.25) is 0 Å². The van der Waals surface area contributed by atoms with Gasteiger partial charge in [0.1, 0.15) is 0 Å². The first-order chi connectivity index (χ1) is 9.18. The van der Waals surface area contributed by atoms with Crippen LogP contribution in [0.15, 0.2) is 47.1 Å². The van der Waals surface area contributed by atoms with Crippen LogP contribution in [-0.4, -0.2) is 26.0 Å². The monoisotopic (exact) mass is 258 g/mol. The number of likely N-dealkylation sites (N-methyl/N-ethyl adjacent to an activating group) is 1. The molecule has 1 heterocycles. The lowest BCUT2D eigenvalue weighted by molar-refractivity contribution is 0.0926. The second kappa shape index (κ2) is 6.09. The molecular formula is C15H18N2O2. The van der Waals surface area contributed by atoms with Crippen LogP contribution in [0.5, 0.6) is 0 Å². The Kier molecular flexibility index (Phi) is 4.23. The molecule has 0 fully saturated rings. The SMILES string of the molecule is Cc1ccoc1C(=O)NCCN(C)c1ccccc1. The van der Waals surface area contributed by atoms with Crippen molar-refractivity contribution in [3.05, 3.63) is 54.0 Å². The minimum Gasteiger partial charge on any atom is -0.459 e. The number of anilines is 1. The number of furan rings is 1. The average molecular weight is 258 g/mol. The van der Waals surface area contributed by atoms with E-state index in [1.165, 1.54) is 6.26 Å². The molecule has 0 saturated carbocycles. The zero-order chi connectivity index (χ0) is 13.7. The topological polar surface area (TPSA) is 45.5 Å². The molecule has 1 aromatic heterocycles. The first kappa shape index (κ1) is 13.2. The van der Waals surface area contributed by atoms with Crippen molar-refractivity contribution in [2.75, 3.05) is 25.0 Å². The van der Waals surface area contributed by atoms with Crippen molar-refractivity contribution in [1.82, 2.24) is 5.32 Å². The summed E-state index contributed by atoms with van der Waals surface area (Å²) in [4.78, 5) is 13.9. The lowest BCUT2D eigenvalue weighted by Gasteiger charge is -2.19. The van der Waals surface area contributed by atoms with Crippen molar-refractivity contribution >= 4 is 11.6 Å². The minimum absolute atomic E-state index is 0.163. The van der Waals surface area contributed by atoms with Gasteiger partial charge in [-0.2, -0.15) is 0 Å². The summed E-state index contributed by atoms with van der Waals surface area (Å²) in [5.74, 6) is 0.228. The normalized spacial score (nSPS) is 10.2. The number of benzene rings is 1. The van der Waals surface area contributed by atoms with Gasteiger partial charge in [-0.25, -0.2) is 0 Å². The Morgan fingerprint density at radius 3 is 2.63 bits per heavy atom. The molecular weight excluding hydrogens is 240 g/mol. The number of para-hydroxylation sites is 1. The van der Waals surface area contributed by atoms with Gasteiger partial charge in [-0.05, 0) is 25.1 Å². The third-order valence-corrected chi connectivity index (χ3v) is 3.00. The van der Waals surface area contributed by atoms with Crippen molar-refractivity contribution in [2.24, 2.45) is 0 Å².